The molecule has 1 aliphatic rings. The van der Waals surface area contributed by atoms with Crippen molar-refractivity contribution in [2.45, 2.75) is 19.8 Å². The maximum Gasteiger partial charge on any atom is 0.196 e. The lowest BCUT2D eigenvalue weighted by atomic mass is 9.99. The Labute approximate surface area is 127 Å². The van der Waals surface area contributed by atoms with Gasteiger partial charge in [-0.15, -0.1) is 0 Å². The third-order valence-electron chi connectivity index (χ3n) is 4.28. The van der Waals surface area contributed by atoms with Crippen LogP contribution in [-0.2, 0) is 0 Å². The predicted molar refractivity (Wildman–Crippen MR) is 84.9 cm³/mol. The molecule has 3 aromatic rings. The van der Waals surface area contributed by atoms with Gasteiger partial charge in [0, 0.05) is 23.5 Å². The van der Waals surface area contributed by atoms with E-state index in [4.69, 9.17) is 16.0 Å². The van der Waals surface area contributed by atoms with Gasteiger partial charge in [0.2, 0.25) is 0 Å². The van der Waals surface area contributed by atoms with E-state index in [0.29, 0.717) is 5.02 Å². The molecule has 108 valence electrons. The first kappa shape index (κ1) is 12.9. The van der Waals surface area contributed by atoms with Crippen molar-refractivity contribution in [3.05, 3.63) is 29.5 Å². The van der Waals surface area contributed by atoms with Crippen molar-refractivity contribution in [2.24, 2.45) is 5.92 Å². The van der Waals surface area contributed by atoms with E-state index in [-0.39, 0.29) is 0 Å². The van der Waals surface area contributed by atoms with Gasteiger partial charge >= 0.3 is 0 Å². The molecule has 0 spiro atoms. The summed E-state index contributed by atoms with van der Waals surface area (Å²) in [6.45, 7) is 4.34. The monoisotopic (exact) mass is 301 g/mol. The Morgan fingerprint density at radius 3 is 2.86 bits per heavy atom. The van der Waals surface area contributed by atoms with Crippen molar-refractivity contribution in [3.63, 3.8) is 0 Å². The lowest BCUT2D eigenvalue weighted by Gasteiger charge is -2.30. The van der Waals surface area contributed by atoms with Crippen molar-refractivity contribution in [1.82, 2.24) is 9.97 Å². The number of aromatic nitrogens is 2. The summed E-state index contributed by atoms with van der Waals surface area (Å²) >= 11 is 6.09. The summed E-state index contributed by atoms with van der Waals surface area (Å²) in [4.78, 5) is 11.2. The summed E-state index contributed by atoms with van der Waals surface area (Å²) in [6.07, 6.45) is 4.00. The number of rotatable bonds is 1. The van der Waals surface area contributed by atoms with Crippen molar-refractivity contribution in [3.8, 4) is 0 Å². The minimum Gasteiger partial charge on any atom is -0.450 e. The van der Waals surface area contributed by atoms with Crippen LogP contribution in [0.2, 0.25) is 5.02 Å². The first-order valence-electron chi connectivity index (χ1n) is 7.30. The Morgan fingerprint density at radius 1 is 1.24 bits per heavy atom. The van der Waals surface area contributed by atoms with Crippen molar-refractivity contribution < 1.29 is 4.42 Å². The van der Waals surface area contributed by atoms with Gasteiger partial charge in [-0.3, -0.25) is 0 Å². The number of hydrogen-bond acceptors (Lipinski definition) is 4. The van der Waals surface area contributed by atoms with Crippen LogP contribution in [0.3, 0.4) is 0 Å². The molecule has 0 N–H and O–H groups in total. The van der Waals surface area contributed by atoms with Gasteiger partial charge in [-0.2, -0.15) is 0 Å². The summed E-state index contributed by atoms with van der Waals surface area (Å²) < 4.78 is 5.99. The van der Waals surface area contributed by atoms with Gasteiger partial charge in [-0.05, 0) is 37.0 Å². The standard InChI is InChI=1S/C16H16ClN3O/c1-10-4-6-20(7-5-10)16-15-14(18-9-19-16)12-8-11(17)2-3-13(12)21-15/h2-3,8-10H,4-7H2,1H3. The molecule has 21 heavy (non-hydrogen) atoms. The van der Waals surface area contributed by atoms with Crippen LogP contribution in [0.25, 0.3) is 22.1 Å². The summed E-state index contributed by atoms with van der Waals surface area (Å²) in [6, 6.07) is 5.63. The zero-order chi connectivity index (χ0) is 14.4. The Hall–Kier alpha value is -1.81. The van der Waals surface area contributed by atoms with Crippen LogP contribution in [0.1, 0.15) is 19.8 Å². The lowest BCUT2D eigenvalue weighted by molar-refractivity contribution is 0.436. The van der Waals surface area contributed by atoms with Crippen LogP contribution in [0, 0.1) is 5.92 Å². The second-order valence-corrected chi connectivity index (χ2v) is 6.22. The third-order valence-corrected chi connectivity index (χ3v) is 4.51. The molecule has 5 heteroatoms. The number of anilines is 1. The van der Waals surface area contributed by atoms with E-state index >= 15 is 0 Å². The minimum absolute atomic E-state index is 0.692. The van der Waals surface area contributed by atoms with Crippen LogP contribution in [0.15, 0.2) is 28.9 Å². The fourth-order valence-corrected chi connectivity index (χ4v) is 3.15. The molecule has 0 bridgehead atoms. The zero-order valence-corrected chi connectivity index (χ0v) is 12.6. The average Bonchev–Trinajstić information content (AvgIpc) is 2.86. The topological polar surface area (TPSA) is 42.2 Å². The number of fused-ring (bicyclic) bond motifs is 3. The predicted octanol–water partition coefficient (Wildman–Crippen LogP) is 4.27. The molecule has 4 nitrogen and oxygen atoms in total. The number of nitrogens with zero attached hydrogens (tertiary/aromatic N) is 3. The van der Waals surface area contributed by atoms with Crippen LogP contribution in [0.5, 0.6) is 0 Å². The molecule has 0 radical (unpaired) electrons. The summed E-state index contributed by atoms with van der Waals surface area (Å²) in [7, 11) is 0. The Bertz CT molecular complexity index is 806. The van der Waals surface area contributed by atoms with Gasteiger partial charge in [-0.1, -0.05) is 18.5 Å². The number of furan rings is 1. The molecular weight excluding hydrogens is 286 g/mol. The molecule has 4 rings (SSSR count). The fourth-order valence-electron chi connectivity index (χ4n) is 2.98. The van der Waals surface area contributed by atoms with Gasteiger partial charge in [0.05, 0.1) is 0 Å². The minimum atomic E-state index is 0.692. The number of benzene rings is 1. The maximum atomic E-state index is 6.09. The highest BCUT2D eigenvalue weighted by Crippen LogP contribution is 2.34. The van der Waals surface area contributed by atoms with Gasteiger partial charge in [0.1, 0.15) is 17.4 Å². The van der Waals surface area contributed by atoms with Crippen LogP contribution in [0.4, 0.5) is 5.82 Å². The summed E-state index contributed by atoms with van der Waals surface area (Å²) in [5, 5.41) is 1.64. The molecule has 1 fully saturated rings. The molecule has 1 aromatic carbocycles. The average molecular weight is 302 g/mol. The molecular formula is C16H16ClN3O. The van der Waals surface area contributed by atoms with Gasteiger partial charge in [0.25, 0.3) is 0 Å². The maximum absolute atomic E-state index is 6.09. The zero-order valence-electron chi connectivity index (χ0n) is 11.8. The van der Waals surface area contributed by atoms with Crippen molar-refractivity contribution >= 4 is 39.5 Å². The van der Waals surface area contributed by atoms with E-state index in [2.05, 4.69) is 21.8 Å². The van der Waals surface area contributed by atoms with E-state index in [1.807, 2.05) is 18.2 Å². The summed E-state index contributed by atoms with van der Waals surface area (Å²) in [5.41, 5.74) is 2.42. The number of hydrogen-bond donors (Lipinski definition) is 0. The molecule has 0 saturated carbocycles. The Kier molecular flexibility index (Phi) is 3.00. The van der Waals surface area contributed by atoms with Crippen LogP contribution in [-0.4, -0.2) is 23.1 Å². The molecule has 3 heterocycles. The molecule has 0 aliphatic carbocycles. The third kappa shape index (κ3) is 2.14. The lowest BCUT2D eigenvalue weighted by Crippen LogP contribution is -2.33. The SMILES string of the molecule is CC1CCN(c2ncnc3c2oc2ccc(Cl)cc23)CC1. The first-order valence-corrected chi connectivity index (χ1v) is 7.68. The first-order chi connectivity index (χ1) is 10.2. The van der Waals surface area contributed by atoms with Crippen molar-refractivity contribution in [2.75, 3.05) is 18.0 Å². The molecule has 0 amide bonds. The molecule has 2 aromatic heterocycles. The Balaban J connectivity index is 1.88. The largest absolute Gasteiger partial charge is 0.450 e. The molecule has 0 atom stereocenters. The van der Waals surface area contributed by atoms with Crippen molar-refractivity contribution in [1.29, 1.82) is 0 Å². The second-order valence-electron chi connectivity index (χ2n) is 5.79. The Morgan fingerprint density at radius 2 is 2.05 bits per heavy atom. The number of piperidine rings is 1. The van der Waals surface area contributed by atoms with Gasteiger partial charge in [-0.25, -0.2) is 9.97 Å². The molecule has 1 saturated heterocycles. The second kappa shape index (κ2) is 4.88. The van der Waals surface area contributed by atoms with Gasteiger partial charge in [0.15, 0.2) is 11.4 Å². The highest BCUT2D eigenvalue weighted by Gasteiger charge is 2.22. The number of halogens is 1. The summed E-state index contributed by atoms with van der Waals surface area (Å²) in [5.74, 6) is 1.69. The van der Waals surface area contributed by atoms with Gasteiger partial charge < -0.3 is 9.32 Å². The quantitative estimate of drug-likeness (QED) is 0.673. The normalized spacial score (nSPS) is 17.0. The fraction of sp³-hybridized carbons (Fsp3) is 0.375. The van der Waals surface area contributed by atoms with E-state index < -0.39 is 0 Å². The van der Waals surface area contributed by atoms with E-state index in [1.165, 1.54) is 12.8 Å². The smallest absolute Gasteiger partial charge is 0.196 e. The van der Waals surface area contributed by atoms with E-state index in [0.717, 1.165) is 46.9 Å². The highest BCUT2D eigenvalue weighted by atomic mass is 35.5. The van der Waals surface area contributed by atoms with Crippen LogP contribution < -0.4 is 4.90 Å². The highest BCUT2D eigenvalue weighted by molar-refractivity contribution is 6.31. The van der Waals surface area contributed by atoms with E-state index in [1.54, 1.807) is 6.33 Å². The molecule has 1 aliphatic heterocycles. The van der Waals surface area contributed by atoms with E-state index in [9.17, 15) is 0 Å². The van der Waals surface area contributed by atoms with Crippen LogP contribution >= 0.6 is 11.6 Å². The molecule has 0 unspecified atom stereocenters.